The first-order chi connectivity index (χ1) is 5.74. The van der Waals surface area contributed by atoms with E-state index in [0.29, 0.717) is 0 Å². The van der Waals surface area contributed by atoms with Crippen molar-refractivity contribution in [3.63, 3.8) is 0 Å². The molecular formula is C11H17Er. The summed E-state index contributed by atoms with van der Waals surface area (Å²) in [5.41, 5.74) is 4.92. The van der Waals surface area contributed by atoms with Crippen LogP contribution in [-0.2, 0) is 0 Å². The van der Waals surface area contributed by atoms with Gasteiger partial charge in [-0.15, -0.1) is 0 Å². The summed E-state index contributed by atoms with van der Waals surface area (Å²) in [6.45, 7) is 6.79. The summed E-state index contributed by atoms with van der Waals surface area (Å²) in [5, 5.41) is 0. The minimum absolute atomic E-state index is 1.20. The van der Waals surface area contributed by atoms with Crippen molar-refractivity contribution >= 4 is 0 Å². The van der Waals surface area contributed by atoms with Gasteiger partial charge >= 0.3 is 100 Å². The zero-order chi connectivity index (χ0) is 9.14. The normalized spacial score (nSPS) is 18.1. The minimum atomic E-state index is 1.20. The van der Waals surface area contributed by atoms with E-state index in [2.05, 4.69) is 56.1 Å². The quantitative estimate of drug-likeness (QED) is 0.744. The molecule has 0 nitrogen and oxygen atoms in total. The first-order valence-corrected chi connectivity index (χ1v) is 5.71. The van der Waals surface area contributed by atoms with Crippen LogP contribution in [0.15, 0.2) is 18.5 Å². The molecule has 0 heterocycles. The summed E-state index contributed by atoms with van der Waals surface area (Å²) >= 11 is 2.90. The van der Waals surface area contributed by atoms with Crippen LogP contribution in [-0.4, -0.2) is 0 Å². The Morgan fingerprint density at radius 1 is 1.00 bits per heavy atom. The van der Waals surface area contributed by atoms with Gasteiger partial charge in [0.15, 0.2) is 0 Å². The van der Waals surface area contributed by atoms with E-state index in [-0.39, 0.29) is 0 Å². The average Bonchev–Trinajstić information content (AvgIpc) is 2.40. The van der Waals surface area contributed by atoms with Gasteiger partial charge in [-0.3, -0.25) is 0 Å². The second-order valence-electron chi connectivity index (χ2n) is 3.15. The van der Waals surface area contributed by atoms with Crippen molar-refractivity contribution in [1.29, 1.82) is 0 Å². The van der Waals surface area contributed by atoms with Crippen LogP contribution in [0.5, 0.6) is 0 Å². The molecular weight excluding hydrogens is 299 g/mol. The number of rotatable bonds is 3. The average molecular weight is 317 g/mol. The molecule has 1 heteroatoms. The fourth-order valence-corrected chi connectivity index (χ4v) is 2.94. The van der Waals surface area contributed by atoms with E-state index in [4.69, 9.17) is 0 Å². The first kappa shape index (κ1) is 10.8. The fraction of sp³-hybridized carbons (Fsp3) is 0.636. The molecule has 0 unspecified atom stereocenters. The predicted octanol–water partition coefficient (Wildman–Crippen LogP) is 3.72. The molecule has 0 fully saturated rings. The Bertz CT molecular complexity index is 233. The van der Waals surface area contributed by atoms with Gasteiger partial charge in [-0.05, 0) is 0 Å². The topological polar surface area (TPSA) is 0 Å². The van der Waals surface area contributed by atoms with Gasteiger partial charge < -0.3 is 0 Å². The Morgan fingerprint density at radius 3 is 2.00 bits per heavy atom. The maximum absolute atomic E-state index is 2.90. The molecule has 0 saturated carbocycles. The summed E-state index contributed by atoms with van der Waals surface area (Å²) in [6, 6.07) is 0. The molecule has 1 rings (SSSR count). The van der Waals surface area contributed by atoms with Gasteiger partial charge in [0.25, 0.3) is 0 Å². The van der Waals surface area contributed by atoms with Gasteiger partial charge in [0.2, 0.25) is 0 Å². The van der Waals surface area contributed by atoms with Crippen LogP contribution < -0.4 is 0 Å². The summed E-state index contributed by atoms with van der Waals surface area (Å²) < 4.78 is 1.53. The molecule has 0 aromatic rings. The second-order valence-corrected chi connectivity index (χ2v) is 4.27. The molecule has 0 aromatic heterocycles. The summed E-state index contributed by atoms with van der Waals surface area (Å²) in [6.07, 6.45) is 4.86. The van der Waals surface area contributed by atoms with E-state index in [9.17, 15) is 0 Å². The van der Waals surface area contributed by atoms with E-state index < -0.39 is 0 Å². The molecule has 0 atom stereocenters. The van der Waals surface area contributed by atoms with Crippen molar-refractivity contribution in [2.45, 2.75) is 46.5 Å². The fourth-order valence-electron chi connectivity index (χ4n) is 1.94. The van der Waals surface area contributed by atoms with Crippen LogP contribution in [0.25, 0.3) is 0 Å². The van der Waals surface area contributed by atoms with Crippen LogP contribution in [0, 0.1) is 35.4 Å². The van der Waals surface area contributed by atoms with Gasteiger partial charge in [0.1, 0.15) is 0 Å². The van der Waals surface area contributed by atoms with Gasteiger partial charge in [-0.2, -0.15) is 0 Å². The Balaban J connectivity index is 2.94. The van der Waals surface area contributed by atoms with E-state index in [1.165, 1.54) is 27.4 Å². The van der Waals surface area contributed by atoms with Crippen molar-refractivity contribution in [3.8, 4) is 0 Å². The van der Waals surface area contributed by atoms with Crippen molar-refractivity contribution < 1.29 is 35.4 Å². The molecule has 0 radical (unpaired) electrons. The van der Waals surface area contributed by atoms with Crippen molar-refractivity contribution in [2.75, 3.05) is 0 Å². The third kappa shape index (κ3) is 1.96. The predicted molar refractivity (Wildman–Crippen MR) is 49.5 cm³/mol. The molecule has 1 aliphatic carbocycles. The molecule has 0 bridgehead atoms. The summed E-state index contributed by atoms with van der Waals surface area (Å²) in [4.78, 5) is 0. The van der Waals surface area contributed by atoms with Crippen molar-refractivity contribution in [2.24, 2.45) is 0 Å². The van der Waals surface area contributed by atoms with Crippen LogP contribution in [0.2, 0.25) is 0 Å². The summed E-state index contributed by atoms with van der Waals surface area (Å²) in [7, 11) is 0. The van der Waals surface area contributed by atoms with Crippen LogP contribution in [0.4, 0.5) is 0 Å². The molecule has 1 aliphatic rings. The van der Waals surface area contributed by atoms with Crippen molar-refractivity contribution in [3.05, 3.63) is 18.5 Å². The van der Waals surface area contributed by atoms with E-state index >= 15 is 0 Å². The van der Waals surface area contributed by atoms with Gasteiger partial charge in [-0.25, -0.2) is 0 Å². The number of hydrogen-bond donors (Lipinski definition) is 0. The molecule has 12 heavy (non-hydrogen) atoms. The maximum atomic E-state index is 2.90. The number of allylic oxidation sites excluding steroid dienone is 4. The zero-order valence-electron chi connectivity index (χ0n) is 8.12. The van der Waals surface area contributed by atoms with Crippen molar-refractivity contribution in [1.82, 2.24) is 0 Å². The second kappa shape index (κ2) is 4.82. The number of hydrogen-bond acceptors (Lipinski definition) is 0. The SMILES string of the molecule is CCC1=C(CC)C(CC)=[C]([Er])C1. The third-order valence-electron chi connectivity index (χ3n) is 2.58. The van der Waals surface area contributed by atoms with Crippen LogP contribution >= 0.6 is 0 Å². The summed E-state index contributed by atoms with van der Waals surface area (Å²) in [5.74, 6) is 0. The van der Waals surface area contributed by atoms with E-state index in [1.54, 1.807) is 16.7 Å². The molecule has 0 saturated heterocycles. The zero-order valence-corrected chi connectivity index (χ0v) is 9.97. The Kier molecular flexibility index (Phi) is 4.34. The molecule has 0 aromatic carbocycles. The Hall–Kier alpha value is 0.727. The van der Waals surface area contributed by atoms with Gasteiger partial charge in [0, 0.05) is 0 Å². The molecule has 0 N–H and O–H groups in total. The third-order valence-corrected chi connectivity index (χ3v) is 3.46. The van der Waals surface area contributed by atoms with E-state index in [0.717, 1.165) is 0 Å². The monoisotopic (exact) mass is 315 g/mol. The standard InChI is InChI=1S/C11H17.Er/c1-4-9-7-8-10(5-2)11(9)6-3;/h4-7H2,1-3H3;. The van der Waals surface area contributed by atoms with Crippen LogP contribution in [0.1, 0.15) is 46.5 Å². The van der Waals surface area contributed by atoms with Gasteiger partial charge in [0.05, 0.1) is 0 Å². The van der Waals surface area contributed by atoms with Gasteiger partial charge in [-0.1, -0.05) is 0 Å². The molecule has 0 spiro atoms. The molecule has 0 aliphatic heterocycles. The molecule has 73 valence electrons. The van der Waals surface area contributed by atoms with Crippen LogP contribution in [0.3, 0.4) is 0 Å². The first-order valence-electron chi connectivity index (χ1n) is 4.78. The Morgan fingerprint density at radius 2 is 1.58 bits per heavy atom. The van der Waals surface area contributed by atoms with E-state index in [1.807, 2.05) is 0 Å². The Labute approximate surface area is 99.4 Å². The molecule has 0 amide bonds.